The molecule has 3 aliphatic carbocycles. The maximum absolute atomic E-state index is 7.03. The van der Waals surface area contributed by atoms with Crippen LogP contribution < -0.4 is 0 Å². The number of furan rings is 2. The fraction of sp³-hybridized carbons (Fsp3) is 0.133. The molecule has 8 aromatic carbocycles. The van der Waals surface area contributed by atoms with Gasteiger partial charge in [0.1, 0.15) is 22.3 Å². The van der Waals surface area contributed by atoms with Gasteiger partial charge in [0.05, 0.1) is 0 Å². The summed E-state index contributed by atoms with van der Waals surface area (Å²) in [5, 5.41) is 4.69. The minimum absolute atomic E-state index is 0.311. The number of hydrogen-bond acceptors (Lipinski definition) is 2. The summed E-state index contributed by atoms with van der Waals surface area (Å²) in [6.07, 6.45) is 9.11. The molecule has 0 unspecified atom stereocenters. The molecule has 10 aromatic rings. The molecule has 0 atom stereocenters. The Balaban J connectivity index is 1.04. The summed E-state index contributed by atoms with van der Waals surface area (Å²) in [5.74, 6) is 0. The lowest BCUT2D eigenvalue weighted by molar-refractivity contribution is 0.601. The second-order valence-electron chi connectivity index (χ2n) is 18.6. The molecule has 0 amide bonds. The van der Waals surface area contributed by atoms with E-state index in [2.05, 4.69) is 198 Å². The molecule has 0 aliphatic heterocycles. The SMILES string of the molecule is CC1(C)c2cc(-c3ccc(C4=CCCC=C4)cc3)c3c(oc4ccccc43)c2-c2ccc3c(c21)C(C)(C)c1cc(-c2ccc(-c4ccccc4)cc2)c2oc4ccccc4c2c1-3. The van der Waals surface area contributed by atoms with E-state index in [4.69, 9.17) is 8.83 Å². The molecule has 2 nitrogen and oxygen atoms in total. The first-order chi connectivity index (χ1) is 30.3. The van der Waals surface area contributed by atoms with E-state index < -0.39 is 0 Å². The summed E-state index contributed by atoms with van der Waals surface area (Å²) in [5.41, 5.74) is 23.4. The van der Waals surface area contributed by atoms with Gasteiger partial charge in [-0.3, -0.25) is 0 Å². The van der Waals surface area contributed by atoms with Crippen molar-refractivity contribution in [2.45, 2.75) is 51.4 Å². The molecule has 62 heavy (non-hydrogen) atoms. The van der Waals surface area contributed by atoms with Crippen molar-refractivity contribution < 1.29 is 8.83 Å². The lowest BCUT2D eigenvalue weighted by atomic mass is 9.72. The fourth-order valence-electron chi connectivity index (χ4n) is 11.5. The van der Waals surface area contributed by atoms with Crippen LogP contribution in [0.1, 0.15) is 68.4 Å². The van der Waals surface area contributed by atoms with Gasteiger partial charge in [0.15, 0.2) is 0 Å². The molecule has 2 aromatic heterocycles. The van der Waals surface area contributed by atoms with E-state index in [1.807, 2.05) is 0 Å². The summed E-state index contributed by atoms with van der Waals surface area (Å²) in [7, 11) is 0. The first kappa shape index (κ1) is 35.6. The summed E-state index contributed by atoms with van der Waals surface area (Å²) in [4.78, 5) is 0. The van der Waals surface area contributed by atoms with E-state index >= 15 is 0 Å². The molecular weight excluding hydrogens is 753 g/mol. The number of rotatable bonds is 4. The van der Waals surface area contributed by atoms with Gasteiger partial charge in [0, 0.05) is 43.5 Å². The van der Waals surface area contributed by atoms with Crippen LogP contribution in [-0.4, -0.2) is 0 Å². The third kappa shape index (κ3) is 4.81. The third-order valence-electron chi connectivity index (χ3n) is 14.5. The van der Waals surface area contributed by atoms with Gasteiger partial charge in [-0.25, -0.2) is 0 Å². The summed E-state index contributed by atoms with van der Waals surface area (Å²) < 4.78 is 13.9. The standard InChI is InChI=1S/C60H44O2/c1-59(2)47-34-46(40-29-25-38(26-30-40)36-17-9-6-10-18-36)57-54(42-20-12-14-22-50(42)61-57)52(47)43-31-32-44-53-48(60(3,4)56(44)55(43)59)33-45(51-41-19-11-13-21-49(41)62-58(51)53)39-27-23-37(24-28-39)35-15-7-5-8-16-35/h6-7,9-34H,5,8H2,1-4H3. The Labute approximate surface area is 361 Å². The Morgan fingerprint density at radius 2 is 0.935 bits per heavy atom. The summed E-state index contributed by atoms with van der Waals surface area (Å²) in [6.45, 7) is 9.74. The first-order valence-electron chi connectivity index (χ1n) is 22.1. The molecule has 0 fully saturated rings. The van der Waals surface area contributed by atoms with Crippen LogP contribution in [0, 0.1) is 0 Å². The zero-order valence-corrected chi connectivity index (χ0v) is 35.4. The predicted octanol–water partition coefficient (Wildman–Crippen LogP) is 16.8. The van der Waals surface area contributed by atoms with Crippen LogP contribution in [0.3, 0.4) is 0 Å². The molecule has 2 heterocycles. The number of fused-ring (bicyclic) bond motifs is 15. The van der Waals surface area contributed by atoms with E-state index in [-0.39, 0.29) is 10.8 Å². The molecule has 0 N–H and O–H groups in total. The molecule has 3 aliphatic rings. The monoisotopic (exact) mass is 796 g/mol. The average Bonchev–Trinajstić information content (AvgIpc) is 4.02. The molecule has 0 bridgehead atoms. The largest absolute Gasteiger partial charge is 0.455 e. The summed E-state index contributed by atoms with van der Waals surface area (Å²) in [6, 6.07) is 55.7. The third-order valence-corrected chi connectivity index (χ3v) is 14.5. The summed E-state index contributed by atoms with van der Waals surface area (Å²) >= 11 is 0. The maximum atomic E-state index is 7.03. The van der Waals surface area contributed by atoms with E-state index in [1.54, 1.807) is 0 Å². The number of benzene rings is 8. The van der Waals surface area contributed by atoms with E-state index in [1.165, 1.54) is 88.7 Å². The quantitative estimate of drug-likeness (QED) is 0.177. The van der Waals surface area contributed by atoms with Crippen molar-refractivity contribution in [2.75, 3.05) is 0 Å². The van der Waals surface area contributed by atoms with Crippen molar-refractivity contribution in [3.63, 3.8) is 0 Å². The van der Waals surface area contributed by atoms with Crippen LogP contribution >= 0.6 is 0 Å². The van der Waals surface area contributed by atoms with Crippen molar-refractivity contribution >= 4 is 49.5 Å². The molecule has 13 rings (SSSR count). The molecular formula is C60H44O2. The molecule has 0 spiro atoms. The molecule has 0 radical (unpaired) electrons. The van der Waals surface area contributed by atoms with E-state index in [0.717, 1.165) is 57.1 Å². The van der Waals surface area contributed by atoms with Gasteiger partial charge < -0.3 is 8.83 Å². The van der Waals surface area contributed by atoms with Crippen LogP contribution in [0.25, 0.3) is 105 Å². The van der Waals surface area contributed by atoms with Crippen molar-refractivity contribution in [1.29, 1.82) is 0 Å². The van der Waals surface area contributed by atoms with Gasteiger partial charge in [0.2, 0.25) is 0 Å². The van der Waals surface area contributed by atoms with Gasteiger partial charge in [-0.15, -0.1) is 0 Å². The highest BCUT2D eigenvalue weighted by Gasteiger charge is 2.48. The molecule has 0 saturated carbocycles. The Bertz CT molecular complexity index is 3580. The van der Waals surface area contributed by atoms with Crippen molar-refractivity contribution in [3.05, 3.63) is 198 Å². The number of para-hydroxylation sites is 2. The van der Waals surface area contributed by atoms with E-state index in [0.29, 0.717) is 0 Å². The molecule has 2 heteroatoms. The number of hydrogen-bond donors (Lipinski definition) is 0. The minimum Gasteiger partial charge on any atom is -0.455 e. The zero-order valence-electron chi connectivity index (χ0n) is 35.4. The predicted molar refractivity (Wildman–Crippen MR) is 259 cm³/mol. The lowest BCUT2D eigenvalue weighted by Crippen LogP contribution is -2.24. The molecule has 296 valence electrons. The second kappa shape index (κ2) is 12.7. The van der Waals surface area contributed by atoms with Gasteiger partial charge >= 0.3 is 0 Å². The highest BCUT2D eigenvalue weighted by molar-refractivity contribution is 6.21. The van der Waals surface area contributed by atoms with Crippen LogP contribution in [0.4, 0.5) is 0 Å². The van der Waals surface area contributed by atoms with Crippen molar-refractivity contribution in [2.24, 2.45) is 0 Å². The fourth-order valence-corrected chi connectivity index (χ4v) is 11.5. The molecule has 0 saturated heterocycles. The smallest absolute Gasteiger partial charge is 0.144 e. The van der Waals surface area contributed by atoms with Gasteiger partial charge in [0.25, 0.3) is 0 Å². The normalized spacial score (nSPS) is 15.6. The Morgan fingerprint density at radius 3 is 1.60 bits per heavy atom. The highest BCUT2D eigenvalue weighted by Crippen LogP contribution is 2.63. The Hall–Kier alpha value is -7.16. The van der Waals surface area contributed by atoms with Crippen LogP contribution in [-0.2, 0) is 10.8 Å². The van der Waals surface area contributed by atoms with Gasteiger partial charge in [-0.05, 0) is 115 Å². The topological polar surface area (TPSA) is 26.3 Å². The first-order valence-corrected chi connectivity index (χ1v) is 22.1. The number of allylic oxidation sites excluding steroid dienone is 4. The Morgan fingerprint density at radius 1 is 0.419 bits per heavy atom. The van der Waals surface area contributed by atoms with Crippen molar-refractivity contribution in [3.8, 4) is 55.6 Å². The lowest BCUT2D eigenvalue weighted by Gasteiger charge is -2.31. The van der Waals surface area contributed by atoms with Crippen LogP contribution in [0.2, 0.25) is 0 Å². The highest BCUT2D eigenvalue weighted by atomic mass is 16.3. The maximum Gasteiger partial charge on any atom is 0.144 e. The van der Waals surface area contributed by atoms with E-state index in [9.17, 15) is 0 Å². The minimum atomic E-state index is -0.317. The van der Waals surface area contributed by atoms with Crippen LogP contribution in [0.15, 0.2) is 179 Å². The average molecular weight is 797 g/mol. The van der Waals surface area contributed by atoms with Crippen LogP contribution in [0.5, 0.6) is 0 Å². The van der Waals surface area contributed by atoms with Gasteiger partial charge in [-0.1, -0.05) is 173 Å². The Kier molecular flexibility index (Phi) is 7.28. The second-order valence-corrected chi connectivity index (χ2v) is 18.6. The van der Waals surface area contributed by atoms with Gasteiger partial charge in [-0.2, -0.15) is 0 Å². The zero-order chi connectivity index (χ0) is 41.5. The van der Waals surface area contributed by atoms with Crippen molar-refractivity contribution in [1.82, 2.24) is 0 Å².